The molecule has 0 spiro atoms. The van der Waals surface area contributed by atoms with Gasteiger partial charge in [0.25, 0.3) is 5.78 Å². The Bertz CT molecular complexity index is 1520. The Kier molecular flexibility index (Phi) is 5.94. The summed E-state index contributed by atoms with van der Waals surface area (Å²) in [6, 6.07) is 17.3. The van der Waals surface area contributed by atoms with E-state index in [1.165, 1.54) is 16.2 Å². The third-order valence-corrected chi connectivity index (χ3v) is 7.49. The van der Waals surface area contributed by atoms with Gasteiger partial charge in [-0.15, -0.1) is 0 Å². The fraction of sp³-hybridized carbons (Fsp3) is 0.148. The Morgan fingerprint density at radius 3 is 2.51 bits per heavy atom. The summed E-state index contributed by atoms with van der Waals surface area (Å²) in [4.78, 5) is 32.9. The molecule has 1 amide bonds. The number of aliphatic hydroxyl groups is 1. The molecule has 4 aromatic rings. The van der Waals surface area contributed by atoms with Crippen molar-refractivity contribution in [2.75, 3.05) is 12.0 Å². The van der Waals surface area contributed by atoms with Crippen LogP contribution in [0.2, 0.25) is 0 Å². The lowest BCUT2D eigenvalue weighted by molar-refractivity contribution is -0.132. The number of Topliss-reactive ketones (excluding diaryl/α,β-unsaturated/α-hetero) is 1. The van der Waals surface area contributed by atoms with Crippen LogP contribution in [0.3, 0.4) is 0 Å². The molecule has 2 heterocycles. The van der Waals surface area contributed by atoms with E-state index in [2.05, 4.69) is 15.9 Å². The number of rotatable bonds is 4. The molecule has 176 valence electrons. The van der Waals surface area contributed by atoms with Gasteiger partial charge in [0.05, 0.1) is 28.9 Å². The minimum atomic E-state index is -0.837. The molecule has 0 unspecified atom stereocenters. The van der Waals surface area contributed by atoms with Crippen molar-refractivity contribution >= 4 is 60.1 Å². The summed E-state index contributed by atoms with van der Waals surface area (Å²) in [5.41, 5.74) is 4.00. The van der Waals surface area contributed by atoms with Gasteiger partial charge in [0.1, 0.15) is 11.5 Å². The van der Waals surface area contributed by atoms with Crippen LogP contribution in [0, 0.1) is 13.8 Å². The van der Waals surface area contributed by atoms with Gasteiger partial charge < -0.3 is 9.84 Å². The molecule has 0 saturated carbocycles. The second-order valence-electron chi connectivity index (χ2n) is 8.38. The van der Waals surface area contributed by atoms with Crippen LogP contribution in [-0.2, 0) is 9.59 Å². The molecule has 1 fully saturated rings. The van der Waals surface area contributed by atoms with E-state index in [0.717, 1.165) is 25.8 Å². The molecular weight excluding hydrogens is 528 g/mol. The monoisotopic (exact) mass is 548 g/mol. The van der Waals surface area contributed by atoms with E-state index < -0.39 is 17.7 Å². The second-order valence-corrected chi connectivity index (χ2v) is 10.3. The van der Waals surface area contributed by atoms with E-state index in [-0.39, 0.29) is 11.3 Å². The van der Waals surface area contributed by atoms with Crippen molar-refractivity contribution in [3.63, 3.8) is 0 Å². The van der Waals surface area contributed by atoms with Gasteiger partial charge in [-0.25, -0.2) is 4.98 Å². The van der Waals surface area contributed by atoms with Gasteiger partial charge in [0.2, 0.25) is 0 Å². The topological polar surface area (TPSA) is 79.7 Å². The zero-order chi connectivity index (χ0) is 24.9. The third kappa shape index (κ3) is 4.02. The predicted octanol–water partition coefficient (Wildman–Crippen LogP) is 6.31. The molecule has 1 saturated heterocycles. The first-order valence-corrected chi connectivity index (χ1v) is 12.5. The van der Waals surface area contributed by atoms with Crippen LogP contribution >= 0.6 is 27.3 Å². The highest BCUT2D eigenvalue weighted by atomic mass is 79.9. The smallest absolute Gasteiger partial charge is 0.301 e. The summed E-state index contributed by atoms with van der Waals surface area (Å²) < 4.78 is 6.92. The molecule has 1 aromatic heterocycles. The first kappa shape index (κ1) is 23.3. The highest BCUT2D eigenvalue weighted by Crippen LogP contribution is 2.45. The van der Waals surface area contributed by atoms with E-state index in [1.54, 1.807) is 31.4 Å². The summed E-state index contributed by atoms with van der Waals surface area (Å²) in [6.07, 6.45) is 0. The Hall–Kier alpha value is -3.49. The Morgan fingerprint density at radius 1 is 1.09 bits per heavy atom. The van der Waals surface area contributed by atoms with Crippen molar-refractivity contribution in [3.8, 4) is 5.75 Å². The zero-order valence-electron chi connectivity index (χ0n) is 19.2. The third-order valence-electron chi connectivity index (χ3n) is 6.00. The SMILES string of the molecule is COc1ccc(C(O)=C2C(=O)C(=O)N(c3nc4c(C)cc(C)cc4s3)[C@H]2c2cccc(Br)c2)cc1. The van der Waals surface area contributed by atoms with Crippen molar-refractivity contribution < 1.29 is 19.4 Å². The summed E-state index contributed by atoms with van der Waals surface area (Å²) >= 11 is 4.84. The molecule has 1 aliphatic heterocycles. The molecule has 3 aromatic carbocycles. The molecule has 8 heteroatoms. The number of anilines is 1. The lowest BCUT2D eigenvalue weighted by Gasteiger charge is -2.23. The summed E-state index contributed by atoms with van der Waals surface area (Å²) in [5.74, 6) is -1.11. The minimum Gasteiger partial charge on any atom is -0.507 e. The van der Waals surface area contributed by atoms with Crippen molar-refractivity contribution in [2.45, 2.75) is 19.9 Å². The Labute approximate surface area is 214 Å². The van der Waals surface area contributed by atoms with E-state index >= 15 is 0 Å². The van der Waals surface area contributed by atoms with Crippen LogP contribution < -0.4 is 9.64 Å². The number of fused-ring (bicyclic) bond motifs is 1. The summed E-state index contributed by atoms with van der Waals surface area (Å²) in [5, 5.41) is 11.7. The highest BCUT2D eigenvalue weighted by Gasteiger charge is 2.48. The van der Waals surface area contributed by atoms with Crippen molar-refractivity contribution in [2.24, 2.45) is 0 Å². The van der Waals surface area contributed by atoms with Gasteiger partial charge in [-0.05, 0) is 73.0 Å². The number of aryl methyl sites for hydroxylation is 2. The normalized spacial score (nSPS) is 17.4. The maximum Gasteiger partial charge on any atom is 0.301 e. The van der Waals surface area contributed by atoms with Crippen molar-refractivity contribution in [3.05, 3.63) is 93.0 Å². The van der Waals surface area contributed by atoms with E-state index in [0.29, 0.717) is 22.0 Å². The van der Waals surface area contributed by atoms with Gasteiger partial charge >= 0.3 is 5.91 Å². The summed E-state index contributed by atoms with van der Waals surface area (Å²) in [7, 11) is 1.55. The second kappa shape index (κ2) is 8.94. The van der Waals surface area contributed by atoms with E-state index in [1.807, 2.05) is 50.2 Å². The number of aliphatic hydroxyl groups excluding tert-OH is 1. The van der Waals surface area contributed by atoms with E-state index in [4.69, 9.17) is 9.72 Å². The van der Waals surface area contributed by atoms with Crippen LogP contribution in [-0.4, -0.2) is 28.9 Å². The molecule has 35 heavy (non-hydrogen) atoms. The first-order chi connectivity index (χ1) is 16.8. The zero-order valence-corrected chi connectivity index (χ0v) is 21.6. The number of nitrogens with zero attached hydrogens (tertiary/aromatic N) is 2. The molecular formula is C27H21BrN2O4S. The summed E-state index contributed by atoms with van der Waals surface area (Å²) in [6.45, 7) is 3.98. The molecule has 1 aliphatic rings. The van der Waals surface area contributed by atoms with Crippen LogP contribution in [0.1, 0.15) is 28.3 Å². The number of aromatic nitrogens is 1. The Morgan fingerprint density at radius 2 is 1.83 bits per heavy atom. The fourth-order valence-corrected chi connectivity index (χ4v) is 5.97. The number of thiazole rings is 1. The highest BCUT2D eigenvalue weighted by molar-refractivity contribution is 9.10. The molecule has 0 radical (unpaired) electrons. The number of carbonyl (C=O) groups is 2. The number of hydrogen-bond acceptors (Lipinski definition) is 6. The van der Waals surface area contributed by atoms with Gasteiger partial charge in [-0.2, -0.15) is 0 Å². The number of amides is 1. The number of benzene rings is 3. The van der Waals surface area contributed by atoms with Crippen LogP contribution in [0.15, 0.2) is 70.7 Å². The predicted molar refractivity (Wildman–Crippen MR) is 141 cm³/mol. The average molecular weight is 549 g/mol. The maximum absolute atomic E-state index is 13.4. The number of carbonyl (C=O) groups excluding carboxylic acids is 2. The number of methoxy groups -OCH3 is 1. The van der Waals surface area contributed by atoms with Crippen LogP contribution in [0.4, 0.5) is 5.13 Å². The van der Waals surface area contributed by atoms with Gasteiger partial charge in [-0.3, -0.25) is 14.5 Å². The fourth-order valence-electron chi connectivity index (χ4n) is 4.39. The van der Waals surface area contributed by atoms with Gasteiger partial charge in [0, 0.05) is 10.0 Å². The molecule has 0 aliphatic carbocycles. The number of ether oxygens (including phenoxy) is 1. The number of ketones is 1. The van der Waals surface area contributed by atoms with Crippen LogP contribution in [0.25, 0.3) is 16.0 Å². The molecule has 1 atom stereocenters. The number of hydrogen-bond donors (Lipinski definition) is 1. The quantitative estimate of drug-likeness (QED) is 0.183. The first-order valence-electron chi connectivity index (χ1n) is 10.9. The average Bonchev–Trinajstić information content (AvgIpc) is 3.37. The van der Waals surface area contributed by atoms with Crippen LogP contribution in [0.5, 0.6) is 5.75 Å². The largest absolute Gasteiger partial charge is 0.507 e. The molecule has 1 N–H and O–H groups in total. The van der Waals surface area contributed by atoms with E-state index in [9.17, 15) is 14.7 Å². The standard InChI is InChI=1S/C27H21BrN2O4S/c1-14-11-15(2)22-20(12-14)35-27(29-22)30-23(17-5-4-6-18(28)13-17)21(25(32)26(30)33)24(31)16-7-9-19(34-3)10-8-16/h4-13,23,31H,1-3H3/t23-/m0/s1. The lowest BCUT2D eigenvalue weighted by Crippen LogP contribution is -2.29. The molecule has 5 rings (SSSR count). The molecule has 6 nitrogen and oxygen atoms in total. The number of halogens is 1. The molecule has 0 bridgehead atoms. The Balaban J connectivity index is 1.73. The van der Waals surface area contributed by atoms with Crippen molar-refractivity contribution in [1.29, 1.82) is 0 Å². The van der Waals surface area contributed by atoms with Gasteiger partial charge in [-0.1, -0.05) is 45.5 Å². The minimum absolute atomic E-state index is 0.0189. The lowest BCUT2D eigenvalue weighted by atomic mass is 9.95. The van der Waals surface area contributed by atoms with Crippen molar-refractivity contribution in [1.82, 2.24) is 4.98 Å². The maximum atomic E-state index is 13.4. The van der Waals surface area contributed by atoms with Gasteiger partial charge in [0.15, 0.2) is 5.13 Å².